The molecule has 1 atom stereocenters. The van der Waals surface area contributed by atoms with Crippen LogP contribution in [0.15, 0.2) is 53.5 Å². The van der Waals surface area contributed by atoms with E-state index in [2.05, 4.69) is 53.0 Å². The van der Waals surface area contributed by atoms with Crippen molar-refractivity contribution in [3.63, 3.8) is 0 Å². The van der Waals surface area contributed by atoms with Gasteiger partial charge in [0.1, 0.15) is 5.75 Å². The Morgan fingerprint density at radius 1 is 1.17 bits per heavy atom. The fourth-order valence-electron chi connectivity index (χ4n) is 3.28. The van der Waals surface area contributed by atoms with Crippen LogP contribution in [0.1, 0.15) is 37.3 Å². The third-order valence-corrected chi connectivity index (χ3v) is 4.81. The van der Waals surface area contributed by atoms with Gasteiger partial charge in [-0.3, -0.25) is 9.79 Å². The Bertz CT molecular complexity index is 846. The van der Waals surface area contributed by atoms with E-state index in [0.29, 0.717) is 31.4 Å². The topological polar surface area (TPSA) is 74.8 Å². The number of rotatable bonds is 7. The predicted molar refractivity (Wildman–Crippen MR) is 117 cm³/mol. The lowest BCUT2D eigenvalue weighted by Crippen LogP contribution is -2.40. The zero-order valence-electron chi connectivity index (χ0n) is 17.4. The Balaban J connectivity index is 1.51. The molecule has 0 aromatic heterocycles. The zero-order chi connectivity index (χ0) is 20.6. The first kappa shape index (κ1) is 20.7. The van der Waals surface area contributed by atoms with Gasteiger partial charge in [0.25, 0.3) is 0 Å². The highest BCUT2D eigenvalue weighted by atomic mass is 16.5. The molecule has 29 heavy (non-hydrogen) atoms. The molecule has 0 saturated heterocycles. The Hall–Kier alpha value is -3.02. The van der Waals surface area contributed by atoms with Crippen molar-refractivity contribution in [2.75, 3.05) is 25.5 Å². The van der Waals surface area contributed by atoms with E-state index in [1.54, 1.807) is 7.05 Å². The molecule has 1 aliphatic heterocycles. The minimum absolute atomic E-state index is 0.0539. The molecule has 0 fully saturated rings. The van der Waals surface area contributed by atoms with E-state index in [-0.39, 0.29) is 11.8 Å². The van der Waals surface area contributed by atoms with E-state index in [9.17, 15) is 4.79 Å². The van der Waals surface area contributed by atoms with Crippen molar-refractivity contribution in [1.29, 1.82) is 0 Å². The molecule has 6 nitrogen and oxygen atoms in total. The second-order valence-corrected chi connectivity index (χ2v) is 7.69. The highest BCUT2D eigenvalue weighted by Gasteiger charge is 2.24. The van der Waals surface area contributed by atoms with Crippen molar-refractivity contribution in [1.82, 2.24) is 10.6 Å². The third-order valence-electron chi connectivity index (χ3n) is 4.81. The summed E-state index contributed by atoms with van der Waals surface area (Å²) >= 11 is 0. The summed E-state index contributed by atoms with van der Waals surface area (Å²) in [5.74, 6) is 2.29. The molecule has 0 spiro atoms. The van der Waals surface area contributed by atoms with Gasteiger partial charge in [0.15, 0.2) is 5.96 Å². The van der Waals surface area contributed by atoms with Crippen LogP contribution in [0.5, 0.6) is 5.75 Å². The highest BCUT2D eigenvalue weighted by Crippen LogP contribution is 2.31. The molecule has 2 aromatic rings. The van der Waals surface area contributed by atoms with Gasteiger partial charge in [0.05, 0.1) is 6.61 Å². The van der Waals surface area contributed by atoms with E-state index in [1.807, 2.05) is 30.3 Å². The molecule has 1 unspecified atom stereocenters. The fourth-order valence-corrected chi connectivity index (χ4v) is 3.28. The number of hydrogen-bond donors (Lipinski definition) is 3. The van der Waals surface area contributed by atoms with Crippen LogP contribution >= 0.6 is 0 Å². The molecular formula is C23H30N4O2. The summed E-state index contributed by atoms with van der Waals surface area (Å²) in [7, 11) is 1.75. The molecule has 1 amide bonds. The van der Waals surface area contributed by atoms with Crippen LogP contribution < -0.4 is 20.7 Å². The molecule has 0 aliphatic carbocycles. The van der Waals surface area contributed by atoms with Gasteiger partial charge in [-0.2, -0.15) is 0 Å². The zero-order valence-corrected chi connectivity index (χ0v) is 17.4. The van der Waals surface area contributed by atoms with Gasteiger partial charge in [-0.05, 0) is 35.2 Å². The lowest BCUT2D eigenvalue weighted by Gasteiger charge is -2.26. The van der Waals surface area contributed by atoms with Crippen LogP contribution in [0.2, 0.25) is 0 Å². The van der Waals surface area contributed by atoms with Gasteiger partial charge in [-0.25, -0.2) is 0 Å². The van der Waals surface area contributed by atoms with E-state index >= 15 is 0 Å². The van der Waals surface area contributed by atoms with Crippen LogP contribution in [0.4, 0.5) is 5.69 Å². The summed E-state index contributed by atoms with van der Waals surface area (Å²) < 4.78 is 5.72. The number of nitrogens with zero attached hydrogens (tertiary/aromatic N) is 1. The van der Waals surface area contributed by atoms with Gasteiger partial charge in [0.2, 0.25) is 5.91 Å². The second kappa shape index (κ2) is 9.96. The van der Waals surface area contributed by atoms with Gasteiger partial charge >= 0.3 is 0 Å². The van der Waals surface area contributed by atoms with Gasteiger partial charge < -0.3 is 20.7 Å². The largest absolute Gasteiger partial charge is 0.493 e. The molecule has 1 heterocycles. The number of aliphatic imine (C=N–C) groups is 1. The molecule has 6 heteroatoms. The third kappa shape index (κ3) is 5.98. The molecule has 0 radical (unpaired) electrons. The molecule has 1 aliphatic rings. The Labute approximate surface area is 172 Å². The van der Waals surface area contributed by atoms with Gasteiger partial charge in [0, 0.05) is 38.2 Å². The number of carbonyl (C=O) groups is 1. The number of fused-ring (bicyclic) bond motifs is 1. The summed E-state index contributed by atoms with van der Waals surface area (Å²) in [6, 6.07) is 16.1. The number of amides is 1. The van der Waals surface area contributed by atoms with Crippen LogP contribution in [0.25, 0.3) is 0 Å². The second-order valence-electron chi connectivity index (χ2n) is 7.69. The summed E-state index contributed by atoms with van der Waals surface area (Å²) in [5.41, 5.74) is 3.21. The Kier molecular flexibility index (Phi) is 7.11. The van der Waals surface area contributed by atoms with Crippen LogP contribution in [0, 0.1) is 5.92 Å². The number of benzene rings is 2. The molecule has 154 valence electrons. The molecular weight excluding hydrogens is 364 g/mol. The maximum absolute atomic E-state index is 12.0. The van der Waals surface area contributed by atoms with Crippen LogP contribution in [-0.2, 0) is 11.3 Å². The predicted octanol–water partition coefficient (Wildman–Crippen LogP) is 3.51. The van der Waals surface area contributed by atoms with Gasteiger partial charge in [-0.1, -0.05) is 44.2 Å². The van der Waals surface area contributed by atoms with Crippen molar-refractivity contribution in [3.8, 4) is 5.75 Å². The van der Waals surface area contributed by atoms with Crippen LogP contribution in [0.3, 0.4) is 0 Å². The number of hydrogen-bond acceptors (Lipinski definition) is 3. The summed E-state index contributed by atoms with van der Waals surface area (Å²) in [5, 5.41) is 9.61. The van der Waals surface area contributed by atoms with Crippen molar-refractivity contribution >= 4 is 17.6 Å². The standard InChI is InChI=1S/C23H30N4O2/c1-16(2)15-29-19-10-8-17(9-11-19)13-25-23(24-3)26-14-18-12-22(28)27-21-7-5-4-6-20(18)21/h4-11,16,18H,12-15H2,1-3H3,(H,27,28)(H2,24,25,26). The summed E-state index contributed by atoms with van der Waals surface area (Å²) in [6.07, 6.45) is 0.471. The summed E-state index contributed by atoms with van der Waals surface area (Å²) in [6.45, 7) is 6.29. The normalized spacial score (nSPS) is 16.2. The highest BCUT2D eigenvalue weighted by molar-refractivity contribution is 5.94. The van der Waals surface area contributed by atoms with E-state index in [0.717, 1.165) is 29.2 Å². The quantitative estimate of drug-likeness (QED) is 0.496. The monoisotopic (exact) mass is 394 g/mol. The number of ether oxygens (including phenoxy) is 1. The molecule has 3 N–H and O–H groups in total. The number of para-hydroxylation sites is 1. The summed E-state index contributed by atoms with van der Waals surface area (Å²) in [4.78, 5) is 16.3. The van der Waals surface area contributed by atoms with E-state index in [4.69, 9.17) is 4.74 Å². The van der Waals surface area contributed by atoms with Crippen molar-refractivity contribution in [3.05, 3.63) is 59.7 Å². The fraction of sp³-hybridized carbons (Fsp3) is 0.391. The van der Waals surface area contributed by atoms with Crippen LogP contribution in [-0.4, -0.2) is 32.1 Å². The number of anilines is 1. The number of carbonyl (C=O) groups excluding carboxylic acids is 1. The van der Waals surface area contributed by atoms with E-state index < -0.39 is 0 Å². The molecule has 0 saturated carbocycles. The maximum Gasteiger partial charge on any atom is 0.225 e. The molecule has 3 rings (SSSR count). The maximum atomic E-state index is 12.0. The average molecular weight is 395 g/mol. The Morgan fingerprint density at radius 3 is 2.66 bits per heavy atom. The first-order chi connectivity index (χ1) is 14.0. The first-order valence-corrected chi connectivity index (χ1v) is 10.1. The van der Waals surface area contributed by atoms with Gasteiger partial charge in [-0.15, -0.1) is 0 Å². The first-order valence-electron chi connectivity index (χ1n) is 10.1. The van der Waals surface area contributed by atoms with Crippen molar-refractivity contribution in [2.24, 2.45) is 10.9 Å². The SMILES string of the molecule is CN=C(NCc1ccc(OCC(C)C)cc1)NCC1CC(=O)Nc2ccccc21. The number of guanidine groups is 1. The minimum atomic E-state index is 0.0539. The Morgan fingerprint density at radius 2 is 1.93 bits per heavy atom. The molecule has 0 bridgehead atoms. The molecule has 2 aromatic carbocycles. The number of nitrogens with one attached hydrogen (secondary N) is 3. The minimum Gasteiger partial charge on any atom is -0.493 e. The van der Waals surface area contributed by atoms with Crippen molar-refractivity contribution in [2.45, 2.75) is 32.7 Å². The average Bonchev–Trinajstić information content (AvgIpc) is 2.72. The lowest BCUT2D eigenvalue weighted by atomic mass is 9.90. The van der Waals surface area contributed by atoms with E-state index in [1.165, 1.54) is 0 Å². The lowest BCUT2D eigenvalue weighted by molar-refractivity contribution is -0.116. The smallest absolute Gasteiger partial charge is 0.225 e. The van der Waals surface area contributed by atoms with Crippen molar-refractivity contribution < 1.29 is 9.53 Å².